The molecule has 0 spiro atoms. The summed E-state index contributed by atoms with van der Waals surface area (Å²) in [6.07, 6.45) is 2.43. The van der Waals surface area contributed by atoms with E-state index < -0.39 is 5.41 Å². The number of hydrogen-bond donors (Lipinski definition) is 3. The summed E-state index contributed by atoms with van der Waals surface area (Å²) >= 11 is 0. The van der Waals surface area contributed by atoms with Gasteiger partial charge in [-0.3, -0.25) is 9.79 Å². The Kier molecular flexibility index (Phi) is 9.07. The molecule has 0 unspecified atom stereocenters. The summed E-state index contributed by atoms with van der Waals surface area (Å²) in [5.41, 5.74) is 4.68. The van der Waals surface area contributed by atoms with Crippen LogP contribution in [0.25, 0.3) is 0 Å². The summed E-state index contributed by atoms with van der Waals surface area (Å²) in [7, 11) is 0. The van der Waals surface area contributed by atoms with E-state index >= 15 is 0 Å². The summed E-state index contributed by atoms with van der Waals surface area (Å²) in [6, 6.07) is 3.80. The second kappa shape index (κ2) is 9.64. The van der Waals surface area contributed by atoms with Crippen LogP contribution < -0.4 is 16.4 Å². The van der Waals surface area contributed by atoms with E-state index in [-0.39, 0.29) is 29.9 Å². The molecule has 0 saturated heterocycles. The van der Waals surface area contributed by atoms with Gasteiger partial charge in [-0.15, -0.1) is 24.0 Å². The molecule has 1 rings (SSSR count). The minimum Gasteiger partial charge on any atom is -0.469 e. The van der Waals surface area contributed by atoms with Crippen LogP contribution in [0.1, 0.15) is 26.5 Å². The second-order valence-corrected chi connectivity index (χ2v) is 5.20. The highest BCUT2D eigenvalue weighted by molar-refractivity contribution is 14.0. The van der Waals surface area contributed by atoms with Crippen LogP contribution >= 0.6 is 24.0 Å². The van der Waals surface area contributed by atoms with Gasteiger partial charge in [-0.2, -0.15) is 0 Å². The molecule has 4 N–H and O–H groups in total. The summed E-state index contributed by atoms with van der Waals surface area (Å²) in [5, 5.41) is 6.33. The summed E-state index contributed by atoms with van der Waals surface area (Å²) in [4.78, 5) is 15.6. The number of nitrogens with one attached hydrogen (secondary N) is 2. The zero-order valence-electron chi connectivity index (χ0n) is 12.8. The number of furan rings is 1. The number of carbonyl (C=O) groups excluding carboxylic acids is 1. The lowest BCUT2D eigenvalue weighted by molar-refractivity contribution is -0.125. The van der Waals surface area contributed by atoms with Gasteiger partial charge >= 0.3 is 0 Å². The number of nitrogens with two attached hydrogens (primary N) is 1. The molecule has 1 amide bonds. The van der Waals surface area contributed by atoms with Crippen molar-refractivity contribution in [2.75, 3.05) is 19.6 Å². The van der Waals surface area contributed by atoms with E-state index in [2.05, 4.69) is 15.6 Å². The van der Waals surface area contributed by atoms with Gasteiger partial charge in [-0.25, -0.2) is 0 Å². The monoisotopic (exact) mass is 408 g/mol. The van der Waals surface area contributed by atoms with Gasteiger partial charge in [0.15, 0.2) is 5.96 Å². The van der Waals surface area contributed by atoms with Gasteiger partial charge in [0, 0.05) is 19.5 Å². The van der Waals surface area contributed by atoms with E-state index in [1.165, 1.54) is 0 Å². The van der Waals surface area contributed by atoms with Crippen LogP contribution in [0.15, 0.2) is 27.8 Å². The fourth-order valence-electron chi connectivity index (χ4n) is 1.46. The molecular formula is C14H25IN4O2. The molecule has 0 fully saturated rings. The number of halogens is 1. The number of aliphatic imine (C=N–C) groups is 1. The highest BCUT2D eigenvalue weighted by Crippen LogP contribution is 2.13. The van der Waals surface area contributed by atoms with Crippen molar-refractivity contribution < 1.29 is 9.21 Å². The molecule has 0 radical (unpaired) electrons. The van der Waals surface area contributed by atoms with E-state index in [1.54, 1.807) is 20.1 Å². The molecule has 120 valence electrons. The van der Waals surface area contributed by atoms with Crippen molar-refractivity contribution in [3.05, 3.63) is 24.2 Å². The summed E-state index contributed by atoms with van der Waals surface area (Å²) in [6.45, 7) is 7.36. The third-order valence-electron chi connectivity index (χ3n) is 2.89. The maximum Gasteiger partial charge on any atom is 0.224 e. The Morgan fingerprint density at radius 3 is 2.67 bits per heavy atom. The molecular weight excluding hydrogens is 383 g/mol. The highest BCUT2D eigenvalue weighted by Gasteiger charge is 2.24. The maximum absolute atomic E-state index is 11.3. The van der Waals surface area contributed by atoms with E-state index in [9.17, 15) is 4.79 Å². The van der Waals surface area contributed by atoms with E-state index in [4.69, 9.17) is 10.2 Å². The van der Waals surface area contributed by atoms with Gasteiger partial charge in [-0.1, -0.05) is 0 Å². The van der Waals surface area contributed by atoms with Crippen molar-refractivity contribution in [3.8, 4) is 0 Å². The lowest BCUT2D eigenvalue weighted by Crippen LogP contribution is -2.40. The number of amides is 1. The van der Waals surface area contributed by atoms with Crippen LogP contribution in [-0.2, 0) is 11.2 Å². The van der Waals surface area contributed by atoms with Crippen LogP contribution in [0.2, 0.25) is 0 Å². The molecule has 0 aromatic carbocycles. The van der Waals surface area contributed by atoms with E-state index in [1.807, 2.05) is 19.1 Å². The molecule has 0 atom stereocenters. The number of nitrogens with zero attached hydrogens (tertiary/aromatic N) is 1. The van der Waals surface area contributed by atoms with Gasteiger partial charge in [-0.05, 0) is 32.9 Å². The molecule has 0 saturated carbocycles. The first-order valence-electron chi connectivity index (χ1n) is 6.80. The average molecular weight is 408 g/mol. The van der Waals surface area contributed by atoms with Crippen molar-refractivity contribution >= 4 is 35.8 Å². The molecule has 1 heterocycles. The van der Waals surface area contributed by atoms with Crippen molar-refractivity contribution in [1.29, 1.82) is 0 Å². The topological polar surface area (TPSA) is 92.6 Å². The molecule has 0 aliphatic heterocycles. The Hall–Kier alpha value is -1.25. The lowest BCUT2D eigenvalue weighted by atomic mass is 9.93. The zero-order chi connectivity index (χ0) is 15.0. The second-order valence-electron chi connectivity index (χ2n) is 5.20. The van der Waals surface area contributed by atoms with Gasteiger partial charge < -0.3 is 20.8 Å². The van der Waals surface area contributed by atoms with E-state index in [0.717, 1.165) is 18.7 Å². The fraction of sp³-hybridized carbons (Fsp3) is 0.571. The van der Waals surface area contributed by atoms with Crippen molar-refractivity contribution in [3.63, 3.8) is 0 Å². The summed E-state index contributed by atoms with van der Waals surface area (Å²) in [5.74, 6) is 1.24. The van der Waals surface area contributed by atoms with Gasteiger partial charge in [0.25, 0.3) is 0 Å². The molecule has 21 heavy (non-hydrogen) atoms. The molecule has 1 aromatic heterocycles. The first-order valence-corrected chi connectivity index (χ1v) is 6.80. The van der Waals surface area contributed by atoms with Crippen LogP contribution in [0.5, 0.6) is 0 Å². The predicted octanol–water partition coefficient (Wildman–Crippen LogP) is 1.51. The van der Waals surface area contributed by atoms with Crippen LogP contribution in [-0.4, -0.2) is 31.5 Å². The molecule has 7 heteroatoms. The standard InChI is InChI=1S/C14H24N4O2.HI/c1-4-16-13(18-10-14(2,3)12(15)19)17-8-7-11-6-5-9-20-11;/h5-6,9H,4,7-8,10H2,1-3H3,(H2,15,19)(H2,16,17,18);1H. The highest BCUT2D eigenvalue weighted by atomic mass is 127. The fourth-order valence-corrected chi connectivity index (χ4v) is 1.46. The van der Waals surface area contributed by atoms with Crippen LogP contribution in [0, 0.1) is 5.41 Å². The molecule has 0 bridgehead atoms. The van der Waals surface area contributed by atoms with Crippen molar-refractivity contribution in [2.45, 2.75) is 27.2 Å². The molecule has 6 nitrogen and oxygen atoms in total. The minimum atomic E-state index is -0.649. The summed E-state index contributed by atoms with van der Waals surface area (Å²) < 4.78 is 5.26. The number of rotatable bonds is 7. The zero-order valence-corrected chi connectivity index (χ0v) is 15.1. The van der Waals surface area contributed by atoms with E-state index in [0.29, 0.717) is 19.0 Å². The average Bonchev–Trinajstić information content (AvgIpc) is 2.89. The predicted molar refractivity (Wildman–Crippen MR) is 94.8 cm³/mol. The molecule has 1 aromatic rings. The number of guanidine groups is 1. The van der Waals surface area contributed by atoms with Crippen molar-refractivity contribution in [1.82, 2.24) is 10.6 Å². The number of hydrogen-bond acceptors (Lipinski definition) is 3. The Balaban J connectivity index is 0.00000400. The SMILES string of the molecule is CCNC(=NCC(C)(C)C(N)=O)NCCc1ccco1.I. The maximum atomic E-state index is 11.3. The Morgan fingerprint density at radius 2 is 2.14 bits per heavy atom. The van der Waals surface area contributed by atoms with Crippen molar-refractivity contribution in [2.24, 2.45) is 16.1 Å². The third-order valence-corrected chi connectivity index (χ3v) is 2.89. The van der Waals surface area contributed by atoms with Crippen LogP contribution in [0.3, 0.4) is 0 Å². The van der Waals surface area contributed by atoms with Crippen LogP contribution in [0.4, 0.5) is 0 Å². The number of carbonyl (C=O) groups is 1. The Morgan fingerprint density at radius 1 is 1.43 bits per heavy atom. The minimum absolute atomic E-state index is 0. The molecule has 0 aliphatic rings. The Labute approximate surface area is 143 Å². The largest absolute Gasteiger partial charge is 0.469 e. The molecule has 0 aliphatic carbocycles. The van der Waals surface area contributed by atoms with Gasteiger partial charge in [0.1, 0.15) is 5.76 Å². The van der Waals surface area contributed by atoms with Gasteiger partial charge in [0.05, 0.1) is 18.2 Å². The Bertz CT molecular complexity index is 444. The first kappa shape index (κ1) is 19.8. The first-order chi connectivity index (χ1) is 9.45. The van der Waals surface area contributed by atoms with Gasteiger partial charge in [0.2, 0.25) is 5.91 Å². The third kappa shape index (κ3) is 7.35. The lowest BCUT2D eigenvalue weighted by Gasteiger charge is -2.19. The normalized spacial score (nSPS) is 11.7. The quantitative estimate of drug-likeness (QED) is 0.362. The smallest absolute Gasteiger partial charge is 0.224 e. The number of primary amides is 1.